The van der Waals surface area contributed by atoms with Gasteiger partial charge in [-0.1, -0.05) is 6.07 Å². The highest BCUT2D eigenvalue weighted by atomic mass is 16.6. The summed E-state index contributed by atoms with van der Waals surface area (Å²) in [6.45, 7) is 1.68. The van der Waals surface area contributed by atoms with Crippen LogP contribution in [0.1, 0.15) is 5.56 Å². The van der Waals surface area contributed by atoms with E-state index >= 15 is 0 Å². The molecule has 0 radical (unpaired) electrons. The molecule has 0 bridgehead atoms. The van der Waals surface area contributed by atoms with E-state index in [2.05, 4.69) is 9.97 Å². The molecule has 0 atom stereocenters. The molecule has 70 valence electrons. The first-order chi connectivity index (χ1) is 6.70. The van der Waals surface area contributed by atoms with E-state index < -0.39 is 4.92 Å². The van der Waals surface area contributed by atoms with Gasteiger partial charge in [0.1, 0.15) is 5.52 Å². The zero-order valence-electron chi connectivity index (χ0n) is 7.47. The van der Waals surface area contributed by atoms with Crippen LogP contribution in [0.5, 0.6) is 0 Å². The van der Waals surface area contributed by atoms with Gasteiger partial charge in [0.15, 0.2) is 6.20 Å². The number of rotatable bonds is 1. The van der Waals surface area contributed by atoms with Gasteiger partial charge in [-0.25, -0.2) is 0 Å². The van der Waals surface area contributed by atoms with Crippen LogP contribution < -0.4 is 0 Å². The molecule has 2 heterocycles. The van der Waals surface area contributed by atoms with Gasteiger partial charge >= 0.3 is 5.82 Å². The second-order valence-electron chi connectivity index (χ2n) is 2.90. The van der Waals surface area contributed by atoms with Crippen molar-refractivity contribution in [3.05, 3.63) is 40.2 Å². The lowest BCUT2D eigenvalue weighted by molar-refractivity contribution is -0.390. The Morgan fingerprint density at radius 3 is 2.93 bits per heavy atom. The van der Waals surface area contributed by atoms with Gasteiger partial charge in [-0.3, -0.25) is 4.98 Å². The monoisotopic (exact) mass is 189 g/mol. The molecule has 0 saturated carbocycles. The van der Waals surface area contributed by atoms with Gasteiger partial charge in [0, 0.05) is 11.6 Å². The first kappa shape index (κ1) is 8.55. The fraction of sp³-hybridized carbons (Fsp3) is 0.111. The van der Waals surface area contributed by atoms with E-state index in [0.717, 1.165) is 5.39 Å². The molecule has 0 N–H and O–H groups in total. The zero-order valence-corrected chi connectivity index (χ0v) is 7.47. The standard InChI is InChI=1S/C9H7N3O2/c1-6-7-3-2-4-10-8(7)5-11-9(6)12(13)14/h2-5H,1H3. The SMILES string of the molecule is Cc1c([N+](=O)[O-])ncc2ncccc12. The summed E-state index contributed by atoms with van der Waals surface area (Å²) in [4.78, 5) is 17.9. The molecule has 5 nitrogen and oxygen atoms in total. The summed E-state index contributed by atoms with van der Waals surface area (Å²) < 4.78 is 0. The molecule has 2 aromatic heterocycles. The number of fused-ring (bicyclic) bond motifs is 1. The van der Waals surface area contributed by atoms with E-state index in [-0.39, 0.29) is 5.82 Å². The summed E-state index contributed by atoms with van der Waals surface area (Å²) in [5.74, 6) is -0.106. The zero-order chi connectivity index (χ0) is 10.1. The topological polar surface area (TPSA) is 68.9 Å². The fourth-order valence-electron chi connectivity index (χ4n) is 1.36. The lowest BCUT2D eigenvalue weighted by Crippen LogP contribution is -1.96. The largest absolute Gasteiger partial charge is 0.367 e. The lowest BCUT2D eigenvalue weighted by atomic mass is 10.1. The third-order valence-corrected chi connectivity index (χ3v) is 2.06. The third kappa shape index (κ3) is 1.19. The molecule has 0 fully saturated rings. The number of nitro groups is 1. The molecular weight excluding hydrogens is 182 g/mol. The molecule has 0 aliphatic heterocycles. The fourth-order valence-corrected chi connectivity index (χ4v) is 1.36. The number of aromatic nitrogens is 2. The number of pyridine rings is 2. The lowest BCUT2D eigenvalue weighted by Gasteiger charge is -1.99. The molecule has 0 saturated heterocycles. The molecule has 0 aromatic carbocycles. The summed E-state index contributed by atoms with van der Waals surface area (Å²) in [6, 6.07) is 3.55. The Morgan fingerprint density at radius 1 is 1.43 bits per heavy atom. The van der Waals surface area contributed by atoms with E-state index in [0.29, 0.717) is 11.1 Å². The Bertz CT molecular complexity index is 510. The van der Waals surface area contributed by atoms with Crippen LogP contribution in [-0.2, 0) is 0 Å². The molecule has 2 aromatic rings. The van der Waals surface area contributed by atoms with Crippen molar-refractivity contribution in [2.24, 2.45) is 0 Å². The highest BCUT2D eigenvalue weighted by Crippen LogP contribution is 2.22. The summed E-state index contributed by atoms with van der Waals surface area (Å²) in [5.41, 5.74) is 1.23. The van der Waals surface area contributed by atoms with Gasteiger partial charge < -0.3 is 10.1 Å². The normalized spacial score (nSPS) is 10.4. The maximum atomic E-state index is 10.6. The van der Waals surface area contributed by atoms with Crippen LogP contribution in [-0.4, -0.2) is 14.9 Å². The molecule has 14 heavy (non-hydrogen) atoms. The number of nitrogens with zero attached hydrogens (tertiary/aromatic N) is 3. The Balaban J connectivity index is 2.81. The first-order valence-electron chi connectivity index (χ1n) is 4.05. The van der Waals surface area contributed by atoms with Crippen molar-refractivity contribution < 1.29 is 4.92 Å². The number of hydrogen-bond donors (Lipinski definition) is 0. The molecular formula is C9H7N3O2. The third-order valence-electron chi connectivity index (χ3n) is 2.06. The number of hydrogen-bond acceptors (Lipinski definition) is 4. The molecule has 0 aliphatic carbocycles. The summed E-state index contributed by atoms with van der Waals surface area (Å²) in [5, 5.41) is 11.4. The van der Waals surface area contributed by atoms with Crippen LogP contribution in [0, 0.1) is 17.0 Å². The van der Waals surface area contributed by atoms with Crippen molar-refractivity contribution >= 4 is 16.7 Å². The van der Waals surface area contributed by atoms with Crippen LogP contribution in [0.15, 0.2) is 24.5 Å². The van der Waals surface area contributed by atoms with Crippen LogP contribution >= 0.6 is 0 Å². The van der Waals surface area contributed by atoms with Crippen molar-refractivity contribution in [3.63, 3.8) is 0 Å². The van der Waals surface area contributed by atoms with Gasteiger partial charge in [-0.15, -0.1) is 0 Å². The highest BCUT2D eigenvalue weighted by molar-refractivity contribution is 5.83. The van der Waals surface area contributed by atoms with Crippen molar-refractivity contribution in [3.8, 4) is 0 Å². The smallest absolute Gasteiger partial charge is 0.358 e. The van der Waals surface area contributed by atoms with Crippen molar-refractivity contribution in [1.82, 2.24) is 9.97 Å². The summed E-state index contributed by atoms with van der Waals surface area (Å²) in [6.07, 6.45) is 3.05. The van der Waals surface area contributed by atoms with Crippen molar-refractivity contribution in [1.29, 1.82) is 0 Å². The molecule has 5 heteroatoms. The second kappa shape index (κ2) is 3.02. The Kier molecular flexibility index (Phi) is 1.85. The predicted octanol–water partition coefficient (Wildman–Crippen LogP) is 1.85. The maximum Gasteiger partial charge on any atom is 0.367 e. The van der Waals surface area contributed by atoms with E-state index in [1.54, 1.807) is 25.3 Å². The molecule has 0 amide bonds. The summed E-state index contributed by atoms with van der Waals surface area (Å²) in [7, 11) is 0. The van der Waals surface area contributed by atoms with E-state index in [1.807, 2.05) is 0 Å². The predicted molar refractivity (Wildman–Crippen MR) is 50.9 cm³/mol. The van der Waals surface area contributed by atoms with Crippen LogP contribution in [0.3, 0.4) is 0 Å². The van der Waals surface area contributed by atoms with Gasteiger partial charge in [0.05, 0.1) is 5.56 Å². The Morgan fingerprint density at radius 2 is 2.21 bits per heavy atom. The average Bonchev–Trinajstić information content (AvgIpc) is 2.18. The highest BCUT2D eigenvalue weighted by Gasteiger charge is 2.14. The molecule has 0 aliphatic rings. The van der Waals surface area contributed by atoms with Gasteiger partial charge in [0.2, 0.25) is 0 Å². The van der Waals surface area contributed by atoms with E-state index in [9.17, 15) is 10.1 Å². The van der Waals surface area contributed by atoms with Crippen LogP contribution in [0.2, 0.25) is 0 Å². The van der Waals surface area contributed by atoms with Crippen LogP contribution in [0.4, 0.5) is 5.82 Å². The van der Waals surface area contributed by atoms with Gasteiger partial charge in [-0.05, 0) is 22.9 Å². The van der Waals surface area contributed by atoms with Crippen LogP contribution in [0.25, 0.3) is 10.9 Å². The van der Waals surface area contributed by atoms with Crippen molar-refractivity contribution in [2.75, 3.05) is 0 Å². The van der Waals surface area contributed by atoms with E-state index in [4.69, 9.17) is 0 Å². The quantitative estimate of drug-likeness (QED) is 0.507. The van der Waals surface area contributed by atoms with E-state index in [1.165, 1.54) is 6.20 Å². The number of aryl methyl sites for hydroxylation is 1. The maximum absolute atomic E-state index is 10.6. The van der Waals surface area contributed by atoms with Gasteiger partial charge in [-0.2, -0.15) is 0 Å². The molecule has 0 unspecified atom stereocenters. The average molecular weight is 189 g/mol. The Labute approximate surface area is 79.6 Å². The van der Waals surface area contributed by atoms with Gasteiger partial charge in [0.25, 0.3) is 0 Å². The minimum atomic E-state index is -0.484. The Hall–Kier alpha value is -2.04. The minimum absolute atomic E-state index is 0.106. The first-order valence-corrected chi connectivity index (χ1v) is 4.05. The van der Waals surface area contributed by atoms with Crippen molar-refractivity contribution in [2.45, 2.75) is 6.92 Å². The minimum Gasteiger partial charge on any atom is -0.358 e. The molecule has 0 spiro atoms. The summed E-state index contributed by atoms with van der Waals surface area (Å²) >= 11 is 0. The molecule has 2 rings (SSSR count). The second-order valence-corrected chi connectivity index (χ2v) is 2.90.